The van der Waals surface area contributed by atoms with E-state index in [1.165, 1.54) is 7.11 Å². The second-order valence-corrected chi connectivity index (χ2v) is 6.34. The van der Waals surface area contributed by atoms with Crippen LogP contribution in [0.4, 0.5) is 0 Å². The van der Waals surface area contributed by atoms with Gasteiger partial charge in [-0.05, 0) is 36.1 Å². The van der Waals surface area contributed by atoms with Crippen molar-refractivity contribution in [1.29, 1.82) is 0 Å². The first-order valence-electron chi connectivity index (χ1n) is 8.12. The smallest absolute Gasteiger partial charge is 0.313 e. The van der Waals surface area contributed by atoms with Gasteiger partial charge in [0.25, 0.3) is 0 Å². The highest BCUT2D eigenvalue weighted by Crippen LogP contribution is 2.55. The standard InChI is InChI=1S/C20H20O5/c1-24-19(23)20(12-17(20)18(21)22)11-15-8-5-9-16(10-15)25-13-14-6-3-2-4-7-14/h2-10,17H,11-13H2,1H3,(H,21,22)/t17-,20+/m0/s1. The molecule has 3 rings (SSSR count). The zero-order valence-corrected chi connectivity index (χ0v) is 14.0. The normalized spacial score (nSPS) is 21.4. The third-order valence-electron chi connectivity index (χ3n) is 4.63. The lowest BCUT2D eigenvalue weighted by molar-refractivity contribution is -0.151. The SMILES string of the molecule is COC(=O)[C@]1(Cc2cccc(OCc3ccccc3)c2)C[C@H]1C(=O)O. The fraction of sp³-hybridized carbons (Fsp3) is 0.300. The quantitative estimate of drug-likeness (QED) is 0.784. The molecule has 1 N–H and O–H groups in total. The lowest BCUT2D eigenvalue weighted by Crippen LogP contribution is -2.25. The Labute approximate surface area is 146 Å². The van der Waals surface area contributed by atoms with Crippen molar-refractivity contribution in [1.82, 2.24) is 0 Å². The molecule has 0 aromatic heterocycles. The summed E-state index contributed by atoms with van der Waals surface area (Å²) < 4.78 is 10.6. The summed E-state index contributed by atoms with van der Waals surface area (Å²) in [7, 11) is 1.29. The van der Waals surface area contributed by atoms with Crippen molar-refractivity contribution in [3.63, 3.8) is 0 Å². The van der Waals surface area contributed by atoms with E-state index in [0.717, 1.165) is 11.1 Å². The summed E-state index contributed by atoms with van der Waals surface area (Å²) in [5.74, 6) is -1.42. The molecule has 0 heterocycles. The van der Waals surface area contributed by atoms with Gasteiger partial charge >= 0.3 is 11.9 Å². The van der Waals surface area contributed by atoms with Crippen molar-refractivity contribution in [2.45, 2.75) is 19.4 Å². The number of hydrogen-bond acceptors (Lipinski definition) is 4. The van der Waals surface area contributed by atoms with Gasteiger partial charge in [0.1, 0.15) is 12.4 Å². The average Bonchev–Trinajstić information content (AvgIpc) is 3.36. The van der Waals surface area contributed by atoms with Gasteiger partial charge in [0.2, 0.25) is 0 Å². The summed E-state index contributed by atoms with van der Waals surface area (Å²) in [6.07, 6.45) is 0.642. The number of carbonyl (C=O) groups excluding carboxylic acids is 1. The maximum atomic E-state index is 12.1. The van der Waals surface area contributed by atoms with Crippen LogP contribution >= 0.6 is 0 Å². The number of aliphatic carboxylic acids is 1. The molecule has 2 aromatic rings. The Bertz CT molecular complexity index is 771. The molecule has 0 amide bonds. The molecule has 5 nitrogen and oxygen atoms in total. The first-order chi connectivity index (χ1) is 12.0. The molecule has 0 bridgehead atoms. The fourth-order valence-corrected chi connectivity index (χ4v) is 3.18. The minimum atomic E-state index is -0.960. The van der Waals surface area contributed by atoms with Crippen LogP contribution in [0.25, 0.3) is 0 Å². The van der Waals surface area contributed by atoms with Crippen molar-refractivity contribution in [3.05, 3.63) is 65.7 Å². The summed E-state index contributed by atoms with van der Waals surface area (Å²) in [5.41, 5.74) is 0.963. The molecular formula is C20H20O5. The molecule has 130 valence electrons. The van der Waals surface area contributed by atoms with Gasteiger partial charge in [0, 0.05) is 0 Å². The third kappa shape index (κ3) is 3.65. The number of esters is 1. The first kappa shape index (κ1) is 17.0. The molecule has 0 aliphatic heterocycles. The number of rotatable bonds is 7. The van der Waals surface area contributed by atoms with Crippen molar-refractivity contribution in [3.8, 4) is 5.75 Å². The molecule has 1 saturated carbocycles. The topological polar surface area (TPSA) is 72.8 Å². The van der Waals surface area contributed by atoms with Gasteiger partial charge in [-0.2, -0.15) is 0 Å². The summed E-state index contributed by atoms with van der Waals surface area (Å²) in [5, 5.41) is 9.24. The molecule has 1 fully saturated rings. The van der Waals surface area contributed by atoms with Gasteiger partial charge in [0.05, 0.1) is 18.4 Å². The highest BCUT2D eigenvalue weighted by atomic mass is 16.5. The Morgan fingerprint density at radius 1 is 1.12 bits per heavy atom. The lowest BCUT2D eigenvalue weighted by atomic mass is 9.93. The molecule has 0 spiro atoms. The average molecular weight is 340 g/mol. The van der Waals surface area contributed by atoms with Crippen molar-refractivity contribution in [2.75, 3.05) is 7.11 Å². The minimum Gasteiger partial charge on any atom is -0.489 e. The minimum absolute atomic E-state index is 0.310. The van der Waals surface area contributed by atoms with E-state index in [4.69, 9.17) is 9.47 Å². The molecular weight excluding hydrogens is 320 g/mol. The van der Waals surface area contributed by atoms with Crippen molar-refractivity contribution < 1.29 is 24.2 Å². The number of ether oxygens (including phenoxy) is 2. The zero-order valence-electron chi connectivity index (χ0n) is 14.0. The van der Waals surface area contributed by atoms with Crippen LogP contribution in [0.15, 0.2) is 54.6 Å². The van der Waals surface area contributed by atoms with Crippen LogP contribution in [0.2, 0.25) is 0 Å². The Morgan fingerprint density at radius 2 is 1.84 bits per heavy atom. The van der Waals surface area contributed by atoms with Crippen LogP contribution < -0.4 is 4.74 Å². The molecule has 25 heavy (non-hydrogen) atoms. The number of carboxylic acid groups (broad SMARTS) is 1. The maximum absolute atomic E-state index is 12.1. The maximum Gasteiger partial charge on any atom is 0.313 e. The summed E-state index contributed by atoms with van der Waals surface area (Å²) in [4.78, 5) is 23.4. The summed E-state index contributed by atoms with van der Waals surface area (Å²) >= 11 is 0. The predicted octanol–water partition coefficient (Wildman–Crippen LogP) is 3.07. The van der Waals surface area contributed by atoms with E-state index >= 15 is 0 Å². The van der Waals surface area contributed by atoms with E-state index in [1.54, 1.807) is 0 Å². The number of methoxy groups -OCH3 is 1. The van der Waals surface area contributed by atoms with Crippen LogP contribution in [0.5, 0.6) is 5.75 Å². The molecule has 1 aliphatic carbocycles. The second kappa shape index (κ2) is 6.97. The number of hydrogen-bond donors (Lipinski definition) is 1. The van der Waals surface area contributed by atoms with E-state index in [9.17, 15) is 14.7 Å². The van der Waals surface area contributed by atoms with E-state index in [1.807, 2.05) is 54.6 Å². The highest BCUT2D eigenvalue weighted by molar-refractivity contribution is 5.90. The number of carbonyl (C=O) groups is 2. The van der Waals surface area contributed by atoms with E-state index in [2.05, 4.69) is 0 Å². The molecule has 2 atom stereocenters. The second-order valence-electron chi connectivity index (χ2n) is 6.34. The van der Waals surface area contributed by atoms with E-state index in [-0.39, 0.29) is 0 Å². The Kier molecular flexibility index (Phi) is 4.74. The van der Waals surface area contributed by atoms with Gasteiger partial charge in [-0.1, -0.05) is 42.5 Å². The fourth-order valence-electron chi connectivity index (χ4n) is 3.18. The first-order valence-corrected chi connectivity index (χ1v) is 8.12. The van der Waals surface area contributed by atoms with Crippen LogP contribution in [0.1, 0.15) is 17.5 Å². The Hall–Kier alpha value is -2.82. The number of carboxylic acids is 1. The Morgan fingerprint density at radius 3 is 2.48 bits per heavy atom. The molecule has 1 aliphatic rings. The predicted molar refractivity (Wildman–Crippen MR) is 91.1 cm³/mol. The van der Waals surface area contributed by atoms with Crippen LogP contribution in [-0.4, -0.2) is 24.2 Å². The number of benzene rings is 2. The molecule has 0 saturated heterocycles. The van der Waals surface area contributed by atoms with Crippen LogP contribution in [0.3, 0.4) is 0 Å². The van der Waals surface area contributed by atoms with Crippen molar-refractivity contribution >= 4 is 11.9 Å². The van der Waals surface area contributed by atoms with Crippen LogP contribution in [0, 0.1) is 11.3 Å². The third-order valence-corrected chi connectivity index (χ3v) is 4.63. The van der Waals surface area contributed by atoms with Gasteiger partial charge in [-0.15, -0.1) is 0 Å². The zero-order chi connectivity index (χ0) is 17.9. The monoisotopic (exact) mass is 340 g/mol. The summed E-state index contributed by atoms with van der Waals surface area (Å²) in [6, 6.07) is 17.2. The molecule has 0 unspecified atom stereocenters. The lowest BCUT2D eigenvalue weighted by Gasteiger charge is -2.15. The van der Waals surface area contributed by atoms with Gasteiger partial charge < -0.3 is 14.6 Å². The molecule has 0 radical (unpaired) electrons. The van der Waals surface area contributed by atoms with Crippen molar-refractivity contribution in [2.24, 2.45) is 11.3 Å². The Balaban J connectivity index is 1.71. The largest absolute Gasteiger partial charge is 0.489 e. The van der Waals surface area contributed by atoms with E-state index < -0.39 is 23.3 Å². The van der Waals surface area contributed by atoms with Gasteiger partial charge in [-0.3, -0.25) is 9.59 Å². The highest BCUT2D eigenvalue weighted by Gasteiger charge is 2.64. The molecule has 5 heteroatoms. The molecule has 2 aromatic carbocycles. The van der Waals surface area contributed by atoms with E-state index in [0.29, 0.717) is 25.2 Å². The van der Waals surface area contributed by atoms with Gasteiger partial charge in [-0.25, -0.2) is 0 Å². The summed E-state index contributed by atoms with van der Waals surface area (Å²) in [6.45, 7) is 0.449. The van der Waals surface area contributed by atoms with Gasteiger partial charge in [0.15, 0.2) is 0 Å². The van der Waals surface area contributed by atoms with Crippen LogP contribution in [-0.2, 0) is 27.4 Å².